The molecule has 0 fully saturated rings. The summed E-state index contributed by atoms with van der Waals surface area (Å²) in [5, 5.41) is 3.01. The van der Waals surface area contributed by atoms with Crippen molar-refractivity contribution in [2.45, 2.75) is 38.6 Å². The quantitative estimate of drug-likeness (QED) is 0.931. The normalized spacial score (nSPS) is 15.4. The Hall–Kier alpha value is -2.10. The lowest BCUT2D eigenvalue weighted by molar-refractivity contribution is -0.117. The molecule has 4 heteroatoms. The van der Waals surface area contributed by atoms with Gasteiger partial charge in [-0.1, -0.05) is 30.3 Å². The summed E-state index contributed by atoms with van der Waals surface area (Å²) in [7, 11) is 0. The van der Waals surface area contributed by atoms with Crippen LogP contribution >= 0.6 is 0 Å². The summed E-state index contributed by atoms with van der Waals surface area (Å²) in [5.41, 5.74) is 1.03. The fourth-order valence-electron chi connectivity index (χ4n) is 2.64. The molecule has 1 N–H and O–H groups in total. The van der Waals surface area contributed by atoms with Crippen LogP contribution in [0.2, 0.25) is 0 Å². The lowest BCUT2D eigenvalue weighted by Gasteiger charge is -2.18. The monoisotopic (exact) mass is 269 g/mol. The molecule has 2 aromatic rings. The highest BCUT2D eigenvalue weighted by Gasteiger charge is 2.19. The van der Waals surface area contributed by atoms with Crippen molar-refractivity contribution in [1.29, 1.82) is 0 Å². The van der Waals surface area contributed by atoms with Gasteiger partial charge in [0, 0.05) is 13.0 Å². The van der Waals surface area contributed by atoms with Crippen LogP contribution in [-0.4, -0.2) is 15.5 Å². The molecule has 4 nitrogen and oxygen atoms in total. The average molecular weight is 269 g/mol. The van der Waals surface area contributed by atoms with Crippen molar-refractivity contribution in [2.75, 3.05) is 5.32 Å². The Morgan fingerprint density at radius 3 is 2.90 bits per heavy atom. The van der Waals surface area contributed by atoms with E-state index in [0.717, 1.165) is 36.6 Å². The standard InChI is InChI=1S/C16H19N3O/c1-12(13-7-3-2-4-8-13)16(20)18-15-11-17-14-9-5-6-10-19(14)15/h2-4,7-8,11-12H,5-6,9-10H2,1H3,(H,18,20)/t12-/m0/s1. The number of hydrogen-bond donors (Lipinski definition) is 1. The van der Waals surface area contributed by atoms with Gasteiger partial charge in [0.25, 0.3) is 0 Å². The van der Waals surface area contributed by atoms with Crippen LogP contribution in [0.15, 0.2) is 36.5 Å². The molecule has 104 valence electrons. The van der Waals surface area contributed by atoms with Gasteiger partial charge in [0.15, 0.2) is 0 Å². The highest BCUT2D eigenvalue weighted by molar-refractivity contribution is 5.94. The zero-order valence-corrected chi connectivity index (χ0v) is 11.7. The fourth-order valence-corrected chi connectivity index (χ4v) is 2.64. The van der Waals surface area contributed by atoms with E-state index < -0.39 is 0 Å². The largest absolute Gasteiger partial charge is 0.315 e. The van der Waals surface area contributed by atoms with E-state index in [-0.39, 0.29) is 11.8 Å². The van der Waals surface area contributed by atoms with Gasteiger partial charge in [0.2, 0.25) is 5.91 Å². The minimum absolute atomic E-state index is 0.0180. The number of anilines is 1. The summed E-state index contributed by atoms with van der Waals surface area (Å²) < 4.78 is 2.12. The predicted octanol–water partition coefficient (Wildman–Crippen LogP) is 2.96. The molecule has 1 aliphatic heterocycles. The molecule has 1 aliphatic rings. The molecule has 1 aromatic carbocycles. The maximum Gasteiger partial charge on any atom is 0.232 e. The van der Waals surface area contributed by atoms with Crippen molar-refractivity contribution in [2.24, 2.45) is 0 Å². The van der Waals surface area contributed by atoms with Gasteiger partial charge in [-0.25, -0.2) is 4.98 Å². The van der Waals surface area contributed by atoms with Crippen LogP contribution in [0.1, 0.15) is 37.1 Å². The summed E-state index contributed by atoms with van der Waals surface area (Å²) >= 11 is 0. The third-order valence-electron chi connectivity index (χ3n) is 3.91. The smallest absolute Gasteiger partial charge is 0.232 e. The molecule has 20 heavy (non-hydrogen) atoms. The molecule has 0 radical (unpaired) electrons. The second-order valence-corrected chi connectivity index (χ2v) is 5.29. The second kappa shape index (κ2) is 5.49. The predicted molar refractivity (Wildman–Crippen MR) is 78.7 cm³/mol. The van der Waals surface area contributed by atoms with E-state index in [2.05, 4.69) is 14.9 Å². The number of fused-ring (bicyclic) bond motifs is 1. The molecule has 1 amide bonds. The molecule has 0 aliphatic carbocycles. The van der Waals surface area contributed by atoms with Gasteiger partial charge in [-0.3, -0.25) is 4.79 Å². The molecular formula is C16H19N3O. The number of imidazole rings is 1. The van der Waals surface area contributed by atoms with Crippen LogP contribution in [0, 0.1) is 0 Å². The summed E-state index contributed by atoms with van der Waals surface area (Å²) in [5.74, 6) is 1.77. The fraction of sp³-hybridized carbons (Fsp3) is 0.375. The van der Waals surface area contributed by atoms with E-state index in [1.54, 1.807) is 6.20 Å². The van der Waals surface area contributed by atoms with Crippen molar-refractivity contribution in [3.63, 3.8) is 0 Å². The van der Waals surface area contributed by atoms with Crippen LogP contribution in [0.5, 0.6) is 0 Å². The van der Waals surface area contributed by atoms with E-state index in [1.807, 2.05) is 37.3 Å². The van der Waals surface area contributed by atoms with E-state index in [4.69, 9.17) is 0 Å². The molecule has 2 heterocycles. The minimum atomic E-state index is -0.161. The van der Waals surface area contributed by atoms with Crippen LogP contribution in [-0.2, 0) is 17.8 Å². The highest BCUT2D eigenvalue weighted by Crippen LogP contribution is 2.22. The Bertz CT molecular complexity index is 603. The number of benzene rings is 1. The zero-order valence-electron chi connectivity index (χ0n) is 11.7. The molecule has 3 rings (SSSR count). The number of amides is 1. The third kappa shape index (κ3) is 2.46. The molecule has 0 saturated carbocycles. The lowest BCUT2D eigenvalue weighted by atomic mass is 10.0. The van der Waals surface area contributed by atoms with Crippen LogP contribution in [0.3, 0.4) is 0 Å². The maximum atomic E-state index is 12.3. The summed E-state index contributed by atoms with van der Waals surface area (Å²) in [6.45, 7) is 2.88. The van der Waals surface area contributed by atoms with Crippen LogP contribution in [0.25, 0.3) is 0 Å². The SMILES string of the molecule is C[C@H](C(=O)Nc1cnc2n1CCCC2)c1ccccc1. The average Bonchev–Trinajstić information content (AvgIpc) is 2.91. The Balaban J connectivity index is 1.75. The summed E-state index contributed by atoms with van der Waals surface area (Å²) in [6.07, 6.45) is 5.12. The summed E-state index contributed by atoms with van der Waals surface area (Å²) in [4.78, 5) is 16.7. The van der Waals surface area contributed by atoms with E-state index in [9.17, 15) is 4.79 Å². The Morgan fingerprint density at radius 1 is 1.30 bits per heavy atom. The first-order valence-electron chi connectivity index (χ1n) is 7.16. The Kier molecular flexibility index (Phi) is 3.54. The van der Waals surface area contributed by atoms with Crippen molar-refractivity contribution >= 4 is 11.7 Å². The second-order valence-electron chi connectivity index (χ2n) is 5.29. The maximum absolute atomic E-state index is 12.3. The number of rotatable bonds is 3. The number of hydrogen-bond acceptors (Lipinski definition) is 2. The van der Waals surface area contributed by atoms with Gasteiger partial charge in [-0.05, 0) is 25.3 Å². The molecule has 0 saturated heterocycles. The topological polar surface area (TPSA) is 46.9 Å². The zero-order chi connectivity index (χ0) is 13.9. The van der Waals surface area contributed by atoms with Gasteiger partial charge in [-0.15, -0.1) is 0 Å². The molecule has 0 bridgehead atoms. The van der Waals surface area contributed by atoms with Crippen molar-refractivity contribution in [3.05, 3.63) is 47.9 Å². The van der Waals surface area contributed by atoms with Crippen molar-refractivity contribution in [1.82, 2.24) is 9.55 Å². The number of aromatic nitrogens is 2. The van der Waals surface area contributed by atoms with E-state index >= 15 is 0 Å². The molecule has 1 atom stereocenters. The Labute approximate surface area is 118 Å². The van der Waals surface area contributed by atoms with Crippen molar-refractivity contribution < 1.29 is 4.79 Å². The third-order valence-corrected chi connectivity index (χ3v) is 3.91. The molecule has 1 aromatic heterocycles. The van der Waals surface area contributed by atoms with Crippen LogP contribution in [0.4, 0.5) is 5.82 Å². The van der Waals surface area contributed by atoms with Gasteiger partial charge in [0.05, 0.1) is 12.1 Å². The first kappa shape index (κ1) is 12.9. The van der Waals surface area contributed by atoms with Gasteiger partial charge < -0.3 is 9.88 Å². The number of nitrogens with one attached hydrogen (secondary N) is 1. The van der Waals surface area contributed by atoms with Gasteiger partial charge in [0.1, 0.15) is 11.6 Å². The Morgan fingerprint density at radius 2 is 2.10 bits per heavy atom. The van der Waals surface area contributed by atoms with E-state index in [1.165, 1.54) is 6.42 Å². The number of nitrogens with zero attached hydrogens (tertiary/aromatic N) is 2. The number of carbonyl (C=O) groups excluding carboxylic acids is 1. The minimum Gasteiger partial charge on any atom is -0.315 e. The van der Waals surface area contributed by atoms with Gasteiger partial charge >= 0.3 is 0 Å². The van der Waals surface area contributed by atoms with Crippen molar-refractivity contribution in [3.8, 4) is 0 Å². The highest BCUT2D eigenvalue weighted by atomic mass is 16.1. The molecule has 0 unspecified atom stereocenters. The first-order chi connectivity index (χ1) is 9.75. The first-order valence-corrected chi connectivity index (χ1v) is 7.16. The van der Waals surface area contributed by atoms with E-state index in [0.29, 0.717) is 0 Å². The van der Waals surface area contributed by atoms with Crippen LogP contribution < -0.4 is 5.32 Å². The number of carbonyl (C=O) groups is 1. The molecular weight excluding hydrogens is 250 g/mol. The molecule has 0 spiro atoms. The van der Waals surface area contributed by atoms with Gasteiger partial charge in [-0.2, -0.15) is 0 Å². The summed E-state index contributed by atoms with van der Waals surface area (Å²) in [6, 6.07) is 9.84. The number of aryl methyl sites for hydroxylation is 1. The lowest BCUT2D eigenvalue weighted by Crippen LogP contribution is -2.22.